The Kier molecular flexibility index (Phi) is 8.36. The van der Waals surface area contributed by atoms with Gasteiger partial charge in [0.15, 0.2) is 0 Å². The average Bonchev–Trinajstić information content (AvgIpc) is 3.71. The molecule has 0 unspecified atom stereocenters. The normalized spacial score (nSPS) is 24.5. The summed E-state index contributed by atoms with van der Waals surface area (Å²) in [5, 5.41) is 3.27. The first-order valence-electron chi connectivity index (χ1n) is 14.0. The number of likely N-dealkylation sites (tertiary alicyclic amines) is 1. The largest absolute Gasteiger partial charge is 0.373 e. The fraction of sp³-hybridized carbons (Fsp3) is 0.600. The van der Waals surface area contributed by atoms with E-state index in [1.807, 2.05) is 24.3 Å². The van der Waals surface area contributed by atoms with Crippen molar-refractivity contribution in [3.05, 3.63) is 52.8 Å². The molecule has 0 bridgehead atoms. The van der Waals surface area contributed by atoms with Crippen LogP contribution in [0, 0.1) is 0 Å². The molecule has 0 spiro atoms. The van der Waals surface area contributed by atoms with Crippen molar-refractivity contribution in [1.82, 2.24) is 15.2 Å². The summed E-state index contributed by atoms with van der Waals surface area (Å²) in [6, 6.07) is 6.90. The van der Waals surface area contributed by atoms with Crippen LogP contribution in [0.4, 0.5) is 8.78 Å². The Morgan fingerprint density at radius 2 is 1.95 bits per heavy atom. The number of nitrogens with zero attached hydrogens (tertiary/aromatic N) is 2. The van der Waals surface area contributed by atoms with Crippen LogP contribution in [-0.4, -0.2) is 59.1 Å². The van der Waals surface area contributed by atoms with E-state index in [1.54, 1.807) is 12.4 Å². The highest BCUT2D eigenvalue weighted by Crippen LogP contribution is 2.46. The summed E-state index contributed by atoms with van der Waals surface area (Å²) in [6.07, 6.45) is 7.16. The summed E-state index contributed by atoms with van der Waals surface area (Å²) in [5.74, 6) is -3.02. The second-order valence-corrected chi connectivity index (χ2v) is 11.9. The molecule has 1 N–H and O–H groups in total. The van der Waals surface area contributed by atoms with Crippen LogP contribution < -0.4 is 5.32 Å². The molecule has 1 aromatic heterocycles. The Labute approximate surface area is 229 Å². The van der Waals surface area contributed by atoms with Crippen LogP contribution in [-0.2, 0) is 16.0 Å². The maximum atomic E-state index is 15.2. The van der Waals surface area contributed by atoms with Crippen molar-refractivity contribution in [3.63, 3.8) is 0 Å². The van der Waals surface area contributed by atoms with Crippen molar-refractivity contribution >= 4 is 17.5 Å². The molecule has 2 aromatic rings. The number of carbonyl (C=O) groups is 1. The molecule has 3 fully saturated rings. The molecule has 8 heteroatoms. The number of ether oxygens (including phenoxy) is 1. The van der Waals surface area contributed by atoms with E-state index in [0.29, 0.717) is 29.8 Å². The van der Waals surface area contributed by atoms with Gasteiger partial charge >= 0.3 is 0 Å². The first-order valence-corrected chi connectivity index (χ1v) is 14.4. The van der Waals surface area contributed by atoms with Gasteiger partial charge in [-0.1, -0.05) is 29.8 Å². The number of rotatable bonds is 8. The van der Waals surface area contributed by atoms with Gasteiger partial charge in [-0.15, -0.1) is 0 Å². The minimum atomic E-state index is -3.00. The smallest absolute Gasteiger partial charge is 0.270 e. The molecule has 5 rings (SSSR count). The molecule has 2 atom stereocenters. The zero-order chi connectivity index (χ0) is 26.9. The number of aromatic nitrogens is 1. The van der Waals surface area contributed by atoms with E-state index >= 15 is 8.78 Å². The molecular weight excluding hydrogens is 508 g/mol. The van der Waals surface area contributed by atoms with Gasteiger partial charge in [-0.25, -0.2) is 8.78 Å². The summed E-state index contributed by atoms with van der Waals surface area (Å²) in [6.45, 7) is 6.16. The Morgan fingerprint density at radius 3 is 2.63 bits per heavy atom. The topological polar surface area (TPSA) is 54.5 Å². The van der Waals surface area contributed by atoms with Gasteiger partial charge in [0, 0.05) is 43.5 Å². The average molecular weight is 546 g/mol. The maximum absolute atomic E-state index is 15.2. The molecule has 1 aliphatic heterocycles. The van der Waals surface area contributed by atoms with Gasteiger partial charge in [0.25, 0.3) is 5.92 Å². The van der Waals surface area contributed by atoms with Gasteiger partial charge < -0.3 is 15.0 Å². The number of amides is 1. The highest BCUT2D eigenvalue weighted by molar-refractivity contribution is 6.30. The van der Waals surface area contributed by atoms with Gasteiger partial charge in [-0.2, -0.15) is 0 Å². The third kappa shape index (κ3) is 6.37. The van der Waals surface area contributed by atoms with Crippen molar-refractivity contribution in [2.75, 3.05) is 13.1 Å². The van der Waals surface area contributed by atoms with Gasteiger partial charge in [0.05, 0.1) is 23.7 Å². The van der Waals surface area contributed by atoms with E-state index < -0.39 is 18.1 Å². The Hall–Kier alpha value is -2.09. The summed E-state index contributed by atoms with van der Waals surface area (Å²) in [5.41, 5.74) is 3.88. The summed E-state index contributed by atoms with van der Waals surface area (Å²) in [4.78, 5) is 19.9. The van der Waals surface area contributed by atoms with Crippen molar-refractivity contribution in [2.45, 2.75) is 101 Å². The summed E-state index contributed by atoms with van der Waals surface area (Å²) >= 11 is 6.19. The van der Waals surface area contributed by atoms with Crippen LogP contribution >= 0.6 is 11.6 Å². The fourth-order valence-electron chi connectivity index (χ4n) is 6.08. The Bertz CT molecular complexity index is 1130. The van der Waals surface area contributed by atoms with Crippen molar-refractivity contribution in [1.29, 1.82) is 0 Å². The molecule has 0 radical (unpaired) electrons. The van der Waals surface area contributed by atoms with Crippen LogP contribution in [0.2, 0.25) is 5.02 Å². The van der Waals surface area contributed by atoms with E-state index in [4.69, 9.17) is 16.3 Å². The lowest BCUT2D eigenvalue weighted by atomic mass is 9.87. The monoisotopic (exact) mass is 545 g/mol. The predicted molar refractivity (Wildman–Crippen MR) is 146 cm³/mol. The molecule has 2 saturated carbocycles. The molecule has 1 saturated heterocycles. The highest BCUT2D eigenvalue weighted by Gasteiger charge is 2.49. The van der Waals surface area contributed by atoms with E-state index in [-0.39, 0.29) is 24.9 Å². The molecule has 38 heavy (non-hydrogen) atoms. The first-order chi connectivity index (χ1) is 18.2. The zero-order valence-corrected chi connectivity index (χ0v) is 23.0. The van der Waals surface area contributed by atoms with Gasteiger partial charge in [-0.05, 0) is 81.0 Å². The predicted octanol–water partition coefficient (Wildman–Crippen LogP) is 6.38. The number of halogens is 3. The maximum Gasteiger partial charge on any atom is 0.270 e. The summed E-state index contributed by atoms with van der Waals surface area (Å²) < 4.78 is 36.6. The quantitative estimate of drug-likeness (QED) is 0.418. The molecule has 1 aromatic carbocycles. The fourth-order valence-corrected chi connectivity index (χ4v) is 6.26. The highest BCUT2D eigenvalue weighted by atomic mass is 35.5. The third-order valence-electron chi connectivity index (χ3n) is 8.27. The Morgan fingerprint density at radius 1 is 1.18 bits per heavy atom. The molecular formula is C30H38ClF2N3O2. The lowest BCUT2D eigenvalue weighted by Crippen LogP contribution is -2.58. The number of benzene rings is 1. The number of hydrogen-bond donors (Lipinski definition) is 1. The van der Waals surface area contributed by atoms with Crippen LogP contribution in [0.15, 0.2) is 36.7 Å². The molecule has 1 amide bonds. The molecule has 206 valence electrons. The number of carbonyl (C=O) groups excluding carboxylic acids is 1. The van der Waals surface area contributed by atoms with Gasteiger partial charge in [-0.3, -0.25) is 9.78 Å². The lowest BCUT2D eigenvalue weighted by Gasteiger charge is -2.42. The van der Waals surface area contributed by atoms with Crippen molar-refractivity contribution in [2.24, 2.45) is 0 Å². The second kappa shape index (κ2) is 11.6. The standard InChI is InChI=1S/C30H38ClF2N3O2/c1-19(2)36-13-10-24(11-14-36)38-26-7-4-12-30(32,33)29(26)35-27(37)16-21-5-3-6-25(28(21)20-8-9-20)22-15-23(31)18-34-17-22/h3,5-6,15,17-20,24,26,29H,4,7-14,16H2,1-2H3,(H,35,37)/t26-,29+/m0/s1. The van der Waals surface area contributed by atoms with Gasteiger partial charge in [0.1, 0.15) is 6.04 Å². The summed E-state index contributed by atoms with van der Waals surface area (Å²) in [7, 11) is 0. The number of piperidine rings is 1. The zero-order valence-electron chi connectivity index (χ0n) is 22.3. The van der Waals surface area contributed by atoms with E-state index in [2.05, 4.69) is 29.0 Å². The van der Waals surface area contributed by atoms with Crippen molar-refractivity contribution < 1.29 is 18.3 Å². The lowest BCUT2D eigenvalue weighted by molar-refractivity contribution is -0.157. The molecule has 5 nitrogen and oxygen atoms in total. The first kappa shape index (κ1) is 27.5. The SMILES string of the molecule is CC(C)N1CCC(O[C@H]2CCCC(F)(F)[C@@H]2NC(=O)Cc2cccc(-c3cncc(Cl)c3)c2C2CC2)CC1. The molecule has 3 aliphatic rings. The number of hydrogen-bond acceptors (Lipinski definition) is 4. The number of alkyl halides is 2. The van der Waals surface area contributed by atoms with Gasteiger partial charge in [0.2, 0.25) is 5.91 Å². The third-order valence-corrected chi connectivity index (χ3v) is 8.47. The number of nitrogens with one attached hydrogen (secondary N) is 1. The number of pyridine rings is 1. The van der Waals surface area contributed by atoms with Crippen LogP contribution in [0.5, 0.6) is 0 Å². The molecule has 2 aliphatic carbocycles. The Balaban J connectivity index is 1.30. The van der Waals surface area contributed by atoms with E-state index in [0.717, 1.165) is 61.0 Å². The molecule has 2 heterocycles. The van der Waals surface area contributed by atoms with E-state index in [1.165, 1.54) is 0 Å². The minimum Gasteiger partial charge on any atom is -0.373 e. The van der Waals surface area contributed by atoms with E-state index in [9.17, 15) is 4.79 Å². The van der Waals surface area contributed by atoms with Crippen LogP contribution in [0.1, 0.15) is 75.8 Å². The van der Waals surface area contributed by atoms with Crippen LogP contribution in [0.3, 0.4) is 0 Å². The minimum absolute atomic E-state index is 0.0484. The second-order valence-electron chi connectivity index (χ2n) is 11.4. The van der Waals surface area contributed by atoms with Crippen LogP contribution in [0.25, 0.3) is 11.1 Å². The van der Waals surface area contributed by atoms with Crippen molar-refractivity contribution in [3.8, 4) is 11.1 Å².